The molecule has 3 aromatic heterocycles. The number of aromatic nitrogens is 3. The van der Waals surface area contributed by atoms with Crippen LogP contribution in [0.5, 0.6) is 0 Å². The predicted molar refractivity (Wildman–Crippen MR) is 166 cm³/mol. The fraction of sp³-hybridized carbons (Fsp3) is 0. The summed E-state index contributed by atoms with van der Waals surface area (Å²) in [4.78, 5) is 5.04. The molecule has 9 aromatic rings. The van der Waals surface area contributed by atoms with Gasteiger partial charge in [-0.1, -0.05) is 84.1 Å². The highest BCUT2D eigenvalue weighted by molar-refractivity contribution is 7.20. The van der Waals surface area contributed by atoms with Gasteiger partial charge in [-0.15, -0.1) is 0 Å². The molecule has 0 radical (unpaired) electrons. The van der Waals surface area contributed by atoms with E-state index in [1.54, 1.807) is 11.3 Å². The maximum atomic E-state index is 5.04. The molecule has 0 saturated carbocycles. The second kappa shape index (κ2) is 7.79. The van der Waals surface area contributed by atoms with E-state index in [4.69, 9.17) is 4.98 Å². The second-order valence-electron chi connectivity index (χ2n) is 10.1. The van der Waals surface area contributed by atoms with Crippen molar-refractivity contribution in [2.24, 2.45) is 0 Å². The van der Waals surface area contributed by atoms with E-state index in [1.807, 2.05) is 0 Å². The molecule has 6 aromatic carbocycles. The Hall–Kier alpha value is -4.93. The average molecular weight is 516 g/mol. The molecule has 0 spiro atoms. The van der Waals surface area contributed by atoms with Crippen molar-refractivity contribution < 1.29 is 0 Å². The van der Waals surface area contributed by atoms with Crippen molar-refractivity contribution in [2.45, 2.75) is 0 Å². The predicted octanol–water partition coefficient (Wildman–Crippen LogP) is 9.64. The summed E-state index contributed by atoms with van der Waals surface area (Å²) in [6.07, 6.45) is 0. The van der Waals surface area contributed by atoms with Gasteiger partial charge in [0, 0.05) is 27.2 Å². The molecule has 0 aliphatic rings. The first-order valence-electron chi connectivity index (χ1n) is 13.2. The fourth-order valence-electron chi connectivity index (χ4n) is 6.27. The fourth-order valence-corrected chi connectivity index (χ4v) is 7.27. The van der Waals surface area contributed by atoms with E-state index in [2.05, 4.69) is 137 Å². The zero-order chi connectivity index (χ0) is 25.5. The smallest absolute Gasteiger partial charge is 0.195 e. The Morgan fingerprint density at radius 3 is 2.05 bits per heavy atom. The Bertz CT molecular complexity index is 2360. The van der Waals surface area contributed by atoms with Gasteiger partial charge in [0.25, 0.3) is 0 Å². The third-order valence-electron chi connectivity index (χ3n) is 7.93. The van der Waals surface area contributed by atoms with E-state index in [-0.39, 0.29) is 0 Å². The summed E-state index contributed by atoms with van der Waals surface area (Å²) in [5.74, 6) is 0. The van der Waals surface area contributed by atoms with Crippen molar-refractivity contribution in [3.8, 4) is 10.8 Å². The molecule has 39 heavy (non-hydrogen) atoms. The van der Waals surface area contributed by atoms with E-state index in [1.165, 1.54) is 64.8 Å². The quantitative estimate of drug-likeness (QED) is 0.225. The first-order chi connectivity index (χ1) is 19.3. The van der Waals surface area contributed by atoms with Gasteiger partial charge < -0.3 is 4.57 Å². The number of nitrogens with zero attached hydrogens (tertiary/aromatic N) is 3. The van der Waals surface area contributed by atoms with Crippen molar-refractivity contribution in [1.29, 1.82) is 0 Å². The molecular weight excluding hydrogens is 494 g/mol. The average Bonchev–Trinajstić information content (AvgIpc) is 3.66. The Morgan fingerprint density at radius 1 is 0.487 bits per heavy atom. The van der Waals surface area contributed by atoms with Crippen LogP contribution >= 0.6 is 11.3 Å². The lowest BCUT2D eigenvalue weighted by Gasteiger charge is -2.09. The van der Waals surface area contributed by atoms with Crippen LogP contribution in [0.25, 0.3) is 75.4 Å². The molecule has 0 saturated heterocycles. The Morgan fingerprint density at radius 2 is 1.21 bits per heavy atom. The van der Waals surface area contributed by atoms with Gasteiger partial charge in [-0.05, 0) is 65.4 Å². The standard InChI is InChI=1S/C35H21N3S/c1-2-10-23(11-3-1)37-29-15-7-4-12-24(29)27-21-26-22(20-32(27)37)18-19-31-34(26)25-13-5-8-16-30(25)38(31)35-36-28-14-6-9-17-33(28)39-35/h1-21H. The molecule has 0 fully saturated rings. The van der Waals surface area contributed by atoms with E-state index in [0.29, 0.717) is 0 Å². The number of hydrogen-bond donors (Lipinski definition) is 0. The summed E-state index contributed by atoms with van der Waals surface area (Å²) in [7, 11) is 0. The van der Waals surface area contributed by atoms with Crippen molar-refractivity contribution in [3.63, 3.8) is 0 Å². The maximum absolute atomic E-state index is 5.04. The van der Waals surface area contributed by atoms with Crippen molar-refractivity contribution >= 4 is 75.9 Å². The summed E-state index contributed by atoms with van der Waals surface area (Å²) in [5.41, 5.74) is 7.04. The molecule has 0 aliphatic carbocycles. The largest absolute Gasteiger partial charge is 0.309 e. The van der Waals surface area contributed by atoms with Gasteiger partial charge in [0.1, 0.15) is 0 Å². The highest BCUT2D eigenvalue weighted by atomic mass is 32.1. The van der Waals surface area contributed by atoms with Gasteiger partial charge in [-0.2, -0.15) is 0 Å². The van der Waals surface area contributed by atoms with Gasteiger partial charge >= 0.3 is 0 Å². The van der Waals surface area contributed by atoms with Crippen LogP contribution in [-0.2, 0) is 0 Å². The zero-order valence-corrected chi connectivity index (χ0v) is 21.7. The molecule has 0 atom stereocenters. The first-order valence-corrected chi connectivity index (χ1v) is 14.0. The molecule has 9 rings (SSSR count). The summed E-state index contributed by atoms with van der Waals surface area (Å²) < 4.78 is 5.93. The number of para-hydroxylation sites is 4. The van der Waals surface area contributed by atoms with E-state index < -0.39 is 0 Å². The van der Waals surface area contributed by atoms with Crippen LogP contribution in [0.3, 0.4) is 0 Å². The van der Waals surface area contributed by atoms with Crippen molar-refractivity contribution in [3.05, 3.63) is 127 Å². The molecule has 0 aliphatic heterocycles. The lowest BCUT2D eigenvalue weighted by Crippen LogP contribution is -1.93. The number of benzene rings is 6. The first kappa shape index (κ1) is 21.1. The van der Waals surface area contributed by atoms with Crippen LogP contribution in [0.1, 0.15) is 0 Å². The van der Waals surface area contributed by atoms with Gasteiger partial charge in [0.2, 0.25) is 0 Å². The van der Waals surface area contributed by atoms with Gasteiger partial charge in [-0.25, -0.2) is 4.98 Å². The molecule has 182 valence electrons. The van der Waals surface area contributed by atoms with E-state index >= 15 is 0 Å². The summed E-state index contributed by atoms with van der Waals surface area (Å²) >= 11 is 1.74. The van der Waals surface area contributed by atoms with Gasteiger partial charge in [0.15, 0.2) is 5.13 Å². The van der Waals surface area contributed by atoms with Gasteiger partial charge in [0.05, 0.1) is 32.3 Å². The molecule has 0 unspecified atom stereocenters. The Balaban J connectivity index is 1.43. The number of hydrogen-bond acceptors (Lipinski definition) is 2. The molecule has 4 heteroatoms. The summed E-state index contributed by atoms with van der Waals surface area (Å²) in [6.45, 7) is 0. The highest BCUT2D eigenvalue weighted by Gasteiger charge is 2.19. The number of thiazole rings is 1. The molecule has 0 amide bonds. The normalized spacial score (nSPS) is 12.1. The third kappa shape index (κ3) is 2.89. The molecular formula is C35H21N3S. The SMILES string of the molecule is c1ccc(-n2c3ccccc3c3cc4c(ccc5c4c4ccccc4n5-c4nc5ccccc5s4)cc32)cc1. The topological polar surface area (TPSA) is 22.8 Å². The second-order valence-corrected chi connectivity index (χ2v) is 11.1. The highest BCUT2D eigenvalue weighted by Crippen LogP contribution is 2.41. The molecule has 3 nitrogen and oxygen atoms in total. The summed E-state index contributed by atoms with van der Waals surface area (Å²) in [6, 6.07) is 45.8. The minimum Gasteiger partial charge on any atom is -0.309 e. The lowest BCUT2D eigenvalue weighted by molar-refractivity contribution is 1.15. The monoisotopic (exact) mass is 515 g/mol. The minimum absolute atomic E-state index is 1.00. The molecule has 0 N–H and O–H groups in total. The maximum Gasteiger partial charge on any atom is 0.195 e. The third-order valence-corrected chi connectivity index (χ3v) is 8.96. The minimum atomic E-state index is 1.00. The zero-order valence-electron chi connectivity index (χ0n) is 20.9. The van der Waals surface area contributed by atoms with Crippen LogP contribution < -0.4 is 0 Å². The number of rotatable bonds is 2. The number of fused-ring (bicyclic) bond motifs is 9. The van der Waals surface area contributed by atoms with Crippen molar-refractivity contribution in [1.82, 2.24) is 14.1 Å². The van der Waals surface area contributed by atoms with Crippen LogP contribution in [-0.4, -0.2) is 14.1 Å². The summed E-state index contributed by atoms with van der Waals surface area (Å²) in [5, 5.41) is 8.58. The van der Waals surface area contributed by atoms with Crippen LogP contribution in [0, 0.1) is 0 Å². The lowest BCUT2D eigenvalue weighted by atomic mass is 10.0. The van der Waals surface area contributed by atoms with E-state index in [0.717, 1.165) is 10.6 Å². The Labute approximate surface area is 227 Å². The Kier molecular flexibility index (Phi) is 4.21. The molecule has 3 heterocycles. The van der Waals surface area contributed by atoms with Crippen molar-refractivity contribution in [2.75, 3.05) is 0 Å². The van der Waals surface area contributed by atoms with Gasteiger partial charge in [-0.3, -0.25) is 4.57 Å². The van der Waals surface area contributed by atoms with Crippen LogP contribution in [0.15, 0.2) is 127 Å². The van der Waals surface area contributed by atoms with Crippen LogP contribution in [0.2, 0.25) is 0 Å². The van der Waals surface area contributed by atoms with E-state index in [9.17, 15) is 0 Å². The van der Waals surface area contributed by atoms with Crippen LogP contribution in [0.4, 0.5) is 0 Å². The molecule has 0 bridgehead atoms.